The van der Waals surface area contributed by atoms with Crippen molar-refractivity contribution in [1.82, 2.24) is 0 Å². The molecule has 0 aliphatic heterocycles. The highest BCUT2D eigenvalue weighted by molar-refractivity contribution is 5.73. The number of phenolic OH excluding ortho intramolecular Hbond substituents is 1. The molecule has 0 heterocycles. The second-order valence-corrected chi connectivity index (χ2v) is 3.77. The first-order valence-corrected chi connectivity index (χ1v) is 5.86. The number of hydrogen-bond acceptors (Lipinski definition) is 3. The van der Waals surface area contributed by atoms with E-state index in [1.165, 1.54) is 12.8 Å². The van der Waals surface area contributed by atoms with Crippen LogP contribution in [0.15, 0.2) is 24.3 Å². The van der Waals surface area contributed by atoms with Gasteiger partial charge in [0.25, 0.3) is 0 Å². The molecular formula is C13H22N2O2. The molecule has 1 aromatic carbocycles. The van der Waals surface area contributed by atoms with E-state index in [0.29, 0.717) is 12.8 Å². The fourth-order valence-electron chi connectivity index (χ4n) is 1.13. The largest absolute Gasteiger partial charge is 0.508 e. The number of unbranched alkanes of at least 4 members (excludes halogenated alkanes) is 1. The molecule has 96 valence electrons. The molecule has 1 aromatic rings. The smallest absolute Gasteiger partial charge is 0.217 e. The molecule has 0 saturated carbocycles. The summed E-state index contributed by atoms with van der Waals surface area (Å²) in [6.45, 7) is 2.98. The minimum absolute atomic E-state index is 0.234. The van der Waals surface area contributed by atoms with Crippen molar-refractivity contribution in [3.63, 3.8) is 0 Å². The van der Waals surface area contributed by atoms with E-state index in [0.717, 1.165) is 12.1 Å². The lowest BCUT2D eigenvalue weighted by atomic mass is 10.1. The highest BCUT2D eigenvalue weighted by Crippen LogP contribution is 2.10. The van der Waals surface area contributed by atoms with Gasteiger partial charge in [0.2, 0.25) is 5.91 Å². The lowest BCUT2D eigenvalue weighted by molar-refractivity contribution is -0.117. The van der Waals surface area contributed by atoms with Crippen molar-refractivity contribution in [3.8, 4) is 5.75 Å². The highest BCUT2D eigenvalue weighted by atomic mass is 16.3. The summed E-state index contributed by atoms with van der Waals surface area (Å²) in [7, 11) is 0. The molecular weight excluding hydrogens is 216 g/mol. The van der Waals surface area contributed by atoms with E-state index < -0.39 is 0 Å². The van der Waals surface area contributed by atoms with Crippen LogP contribution in [0.1, 0.15) is 31.7 Å². The summed E-state index contributed by atoms with van der Waals surface area (Å²) in [6, 6.07) is 6.74. The first kappa shape index (κ1) is 15.4. The molecule has 0 spiro atoms. The molecule has 0 radical (unpaired) electrons. The number of amides is 1. The molecule has 0 fully saturated rings. The molecule has 0 bridgehead atoms. The van der Waals surface area contributed by atoms with Gasteiger partial charge in [-0.1, -0.05) is 25.5 Å². The fourth-order valence-corrected chi connectivity index (χ4v) is 1.13. The van der Waals surface area contributed by atoms with Crippen LogP contribution in [0, 0.1) is 0 Å². The van der Waals surface area contributed by atoms with Crippen LogP contribution >= 0.6 is 0 Å². The Kier molecular flexibility index (Phi) is 8.78. The number of rotatable bonds is 5. The van der Waals surface area contributed by atoms with Crippen LogP contribution < -0.4 is 11.5 Å². The van der Waals surface area contributed by atoms with Gasteiger partial charge in [-0.25, -0.2) is 0 Å². The zero-order valence-electron chi connectivity index (χ0n) is 10.4. The summed E-state index contributed by atoms with van der Waals surface area (Å²) in [5.74, 6) is -0.0686. The van der Waals surface area contributed by atoms with Crippen molar-refractivity contribution in [1.29, 1.82) is 0 Å². The number of carbonyl (C=O) groups is 1. The highest BCUT2D eigenvalue weighted by Gasteiger charge is 1.96. The summed E-state index contributed by atoms with van der Waals surface area (Å²) in [5.41, 5.74) is 11.1. The molecule has 0 atom stereocenters. The normalized spacial score (nSPS) is 9.29. The van der Waals surface area contributed by atoms with E-state index in [2.05, 4.69) is 6.92 Å². The summed E-state index contributed by atoms with van der Waals surface area (Å²) in [5, 5.41) is 8.94. The quantitative estimate of drug-likeness (QED) is 0.727. The Balaban J connectivity index is 0.000000437. The maximum atomic E-state index is 10.4. The van der Waals surface area contributed by atoms with Crippen LogP contribution in [-0.4, -0.2) is 17.6 Å². The van der Waals surface area contributed by atoms with E-state index in [4.69, 9.17) is 16.6 Å². The van der Waals surface area contributed by atoms with Gasteiger partial charge in [-0.15, -0.1) is 0 Å². The number of nitrogens with two attached hydrogens (primary N) is 2. The summed E-state index contributed by atoms with van der Waals surface area (Å²) >= 11 is 0. The Morgan fingerprint density at radius 3 is 2.24 bits per heavy atom. The number of benzene rings is 1. The van der Waals surface area contributed by atoms with Crippen molar-refractivity contribution in [3.05, 3.63) is 29.8 Å². The molecule has 4 nitrogen and oxygen atoms in total. The van der Waals surface area contributed by atoms with Gasteiger partial charge in [-0.3, -0.25) is 4.79 Å². The van der Waals surface area contributed by atoms with Gasteiger partial charge >= 0.3 is 0 Å². The van der Waals surface area contributed by atoms with E-state index in [1.807, 2.05) is 0 Å². The zero-order valence-corrected chi connectivity index (χ0v) is 10.4. The summed E-state index contributed by atoms with van der Waals surface area (Å²) in [6.07, 6.45) is 3.37. The number of phenols is 1. The van der Waals surface area contributed by atoms with Gasteiger partial charge in [0.15, 0.2) is 0 Å². The third kappa shape index (κ3) is 9.38. The Bertz CT molecular complexity index is 308. The first-order chi connectivity index (χ1) is 8.10. The third-order valence-electron chi connectivity index (χ3n) is 2.15. The van der Waals surface area contributed by atoms with Crippen molar-refractivity contribution in [2.24, 2.45) is 11.5 Å². The molecule has 5 N–H and O–H groups in total. The molecule has 0 aliphatic rings. The zero-order chi connectivity index (χ0) is 13.1. The molecule has 0 aromatic heterocycles. The summed E-state index contributed by atoms with van der Waals surface area (Å²) in [4.78, 5) is 10.4. The van der Waals surface area contributed by atoms with Gasteiger partial charge in [-0.05, 0) is 37.1 Å². The van der Waals surface area contributed by atoms with Crippen LogP contribution in [0.25, 0.3) is 0 Å². The van der Waals surface area contributed by atoms with Crippen molar-refractivity contribution < 1.29 is 9.90 Å². The Morgan fingerprint density at radius 1 is 1.29 bits per heavy atom. The van der Waals surface area contributed by atoms with Crippen molar-refractivity contribution in [2.75, 3.05) is 6.54 Å². The standard InChI is InChI=1S/C9H11NO2.C4H11N/c10-9(12)6-3-7-1-4-8(11)5-2-7;1-2-3-4-5/h1-2,4-5,11H,3,6H2,(H2,10,12);2-5H2,1H3. The second-order valence-electron chi connectivity index (χ2n) is 3.77. The van der Waals surface area contributed by atoms with E-state index in [-0.39, 0.29) is 11.7 Å². The molecule has 0 aliphatic carbocycles. The summed E-state index contributed by atoms with van der Waals surface area (Å²) < 4.78 is 0. The Hall–Kier alpha value is -1.55. The predicted molar refractivity (Wildman–Crippen MR) is 69.6 cm³/mol. The molecule has 4 heteroatoms. The number of carbonyl (C=O) groups excluding carboxylic acids is 1. The second kappa shape index (κ2) is 9.66. The van der Waals surface area contributed by atoms with E-state index in [1.54, 1.807) is 24.3 Å². The van der Waals surface area contributed by atoms with E-state index >= 15 is 0 Å². The molecule has 17 heavy (non-hydrogen) atoms. The maximum absolute atomic E-state index is 10.4. The average Bonchev–Trinajstić information content (AvgIpc) is 2.30. The lowest BCUT2D eigenvalue weighted by Gasteiger charge is -1.98. The first-order valence-electron chi connectivity index (χ1n) is 5.86. The van der Waals surface area contributed by atoms with Gasteiger partial charge in [0.05, 0.1) is 0 Å². The van der Waals surface area contributed by atoms with Crippen LogP contribution in [0.2, 0.25) is 0 Å². The fraction of sp³-hybridized carbons (Fsp3) is 0.462. The number of aromatic hydroxyl groups is 1. The SMILES string of the molecule is CCCCN.NC(=O)CCc1ccc(O)cc1. The number of primary amides is 1. The molecule has 1 rings (SSSR count). The monoisotopic (exact) mass is 238 g/mol. The molecule has 0 saturated heterocycles. The topological polar surface area (TPSA) is 89.3 Å². The van der Waals surface area contributed by atoms with Gasteiger partial charge < -0.3 is 16.6 Å². The van der Waals surface area contributed by atoms with Crippen LogP contribution in [-0.2, 0) is 11.2 Å². The molecule has 1 amide bonds. The van der Waals surface area contributed by atoms with E-state index in [9.17, 15) is 4.79 Å². The Labute approximate surface area is 103 Å². The minimum Gasteiger partial charge on any atom is -0.508 e. The molecule has 0 unspecified atom stereocenters. The number of aryl methyl sites for hydroxylation is 1. The lowest BCUT2D eigenvalue weighted by Crippen LogP contribution is -2.10. The average molecular weight is 238 g/mol. The van der Waals surface area contributed by atoms with Gasteiger partial charge in [0.1, 0.15) is 5.75 Å². The number of hydrogen-bond donors (Lipinski definition) is 3. The van der Waals surface area contributed by atoms with Crippen molar-refractivity contribution in [2.45, 2.75) is 32.6 Å². The Morgan fingerprint density at radius 2 is 1.88 bits per heavy atom. The van der Waals surface area contributed by atoms with Crippen molar-refractivity contribution >= 4 is 5.91 Å². The van der Waals surface area contributed by atoms with Crippen LogP contribution in [0.3, 0.4) is 0 Å². The minimum atomic E-state index is -0.303. The van der Waals surface area contributed by atoms with Gasteiger partial charge in [-0.2, -0.15) is 0 Å². The van der Waals surface area contributed by atoms with Crippen LogP contribution in [0.5, 0.6) is 5.75 Å². The third-order valence-corrected chi connectivity index (χ3v) is 2.15. The predicted octanol–water partition coefficient (Wildman–Crippen LogP) is 1.56. The van der Waals surface area contributed by atoms with Crippen LogP contribution in [0.4, 0.5) is 0 Å². The van der Waals surface area contributed by atoms with Gasteiger partial charge in [0, 0.05) is 6.42 Å². The maximum Gasteiger partial charge on any atom is 0.217 e.